The van der Waals surface area contributed by atoms with Crippen LogP contribution in [0.5, 0.6) is 0 Å². The lowest BCUT2D eigenvalue weighted by Gasteiger charge is -2.19. The number of nitrogens with two attached hydrogens (primary N) is 1. The molecule has 2 amide bonds. The minimum absolute atomic E-state index is 0.0278. The van der Waals surface area contributed by atoms with Gasteiger partial charge in [-0.25, -0.2) is 5.84 Å². The Kier molecular flexibility index (Phi) is 6.50. The molecule has 5 aromatic rings. The molecule has 0 aromatic heterocycles. The van der Waals surface area contributed by atoms with E-state index in [1.165, 1.54) is 36.4 Å². The Labute approximate surface area is 231 Å². The third kappa shape index (κ3) is 4.84. The van der Waals surface area contributed by atoms with Gasteiger partial charge in [0.25, 0.3) is 42.2 Å². The van der Waals surface area contributed by atoms with E-state index < -0.39 is 56.9 Å². The Morgan fingerprint density at radius 3 is 1.34 bits per heavy atom. The minimum Gasteiger partial charge on any atom is -0.321 e. The molecule has 7 N–H and O–H groups in total. The second-order valence-electron chi connectivity index (χ2n) is 8.80. The van der Waals surface area contributed by atoms with Gasteiger partial charge >= 0.3 is 0 Å². The van der Waals surface area contributed by atoms with E-state index in [0.29, 0.717) is 6.07 Å². The van der Waals surface area contributed by atoms with Crippen molar-refractivity contribution in [2.24, 2.45) is 5.84 Å². The number of hydrazine groups is 1. The highest BCUT2D eigenvalue weighted by atomic mass is 32.2. The maximum atomic E-state index is 13.1. The SMILES string of the molecule is NNC(=O)c1ccc(C(=O)Nc2cc(S(=O)(=O)O)c3ccc4c(S(=O)(=O)O)cc(S(=O)(=O)O)c5ccc2c3c54)cc1. The smallest absolute Gasteiger partial charge is 0.295 e. The van der Waals surface area contributed by atoms with Gasteiger partial charge in [-0.05, 0) is 36.4 Å². The molecule has 0 saturated heterocycles. The van der Waals surface area contributed by atoms with Crippen molar-refractivity contribution in [3.05, 3.63) is 71.8 Å². The van der Waals surface area contributed by atoms with Crippen LogP contribution in [0.1, 0.15) is 20.7 Å². The number of benzene rings is 5. The first kappa shape index (κ1) is 28.3. The standard InChI is InChI=1S/C24H17N3O11S3/c25-27-24(29)12-3-1-11(2-4-12)23(28)26-17-9-18(39(30,31)32)14-7-8-16-20(41(36,37)38)10-19(40(33,34)35)15-6-5-13(17)21(14)22(15)16/h1-10H,25H2,(H,26,28)(H,27,29)(H,30,31,32)(H,33,34,35)(H,36,37,38). The number of carbonyl (C=O) groups is 2. The largest absolute Gasteiger partial charge is 0.321 e. The highest BCUT2D eigenvalue weighted by Crippen LogP contribution is 2.44. The molecule has 41 heavy (non-hydrogen) atoms. The van der Waals surface area contributed by atoms with E-state index in [9.17, 15) is 48.5 Å². The molecular formula is C24H17N3O11S3. The van der Waals surface area contributed by atoms with Crippen molar-refractivity contribution < 1.29 is 48.5 Å². The van der Waals surface area contributed by atoms with Crippen molar-refractivity contribution in [3.8, 4) is 0 Å². The van der Waals surface area contributed by atoms with Crippen LogP contribution < -0.4 is 16.6 Å². The first-order valence-electron chi connectivity index (χ1n) is 11.2. The van der Waals surface area contributed by atoms with Crippen molar-refractivity contribution in [3.63, 3.8) is 0 Å². The summed E-state index contributed by atoms with van der Waals surface area (Å²) in [6.45, 7) is 0. The summed E-state index contributed by atoms with van der Waals surface area (Å²) in [4.78, 5) is 22.3. The summed E-state index contributed by atoms with van der Waals surface area (Å²) in [6, 6.07) is 11.4. The normalized spacial score (nSPS) is 12.7. The van der Waals surface area contributed by atoms with Crippen molar-refractivity contribution in [1.82, 2.24) is 5.43 Å². The summed E-state index contributed by atoms with van der Waals surface area (Å²) in [7, 11) is -15.1. The Morgan fingerprint density at radius 2 is 0.927 bits per heavy atom. The molecule has 0 radical (unpaired) electrons. The molecule has 5 aromatic carbocycles. The van der Waals surface area contributed by atoms with Gasteiger partial charge in [0.1, 0.15) is 14.7 Å². The predicted octanol–water partition coefficient (Wildman–Crippen LogP) is 2.18. The van der Waals surface area contributed by atoms with Crippen molar-refractivity contribution in [2.75, 3.05) is 5.32 Å². The van der Waals surface area contributed by atoms with Gasteiger partial charge in [0.05, 0.1) is 5.69 Å². The second kappa shape index (κ2) is 9.42. The van der Waals surface area contributed by atoms with E-state index in [4.69, 9.17) is 5.84 Å². The Morgan fingerprint density at radius 1 is 0.561 bits per heavy atom. The lowest BCUT2D eigenvalue weighted by atomic mass is 9.93. The van der Waals surface area contributed by atoms with Crippen LogP contribution in [0.4, 0.5) is 5.69 Å². The Balaban J connectivity index is 1.85. The molecule has 0 spiro atoms. The van der Waals surface area contributed by atoms with E-state index >= 15 is 0 Å². The van der Waals surface area contributed by atoms with Crippen LogP contribution in [0, 0.1) is 0 Å². The van der Waals surface area contributed by atoms with Crippen LogP contribution in [0.25, 0.3) is 32.3 Å². The summed E-state index contributed by atoms with van der Waals surface area (Å²) < 4.78 is 103. The topological polar surface area (TPSA) is 247 Å². The van der Waals surface area contributed by atoms with Crippen LogP contribution in [0.3, 0.4) is 0 Å². The molecule has 0 unspecified atom stereocenters. The predicted molar refractivity (Wildman–Crippen MR) is 146 cm³/mol. The fourth-order valence-corrected chi connectivity index (χ4v) is 6.91. The molecule has 17 heteroatoms. The summed E-state index contributed by atoms with van der Waals surface area (Å²) >= 11 is 0. The number of hydrogen-bond donors (Lipinski definition) is 6. The molecule has 0 atom stereocenters. The average Bonchev–Trinajstić information content (AvgIpc) is 2.89. The van der Waals surface area contributed by atoms with E-state index in [0.717, 1.165) is 18.2 Å². The lowest BCUT2D eigenvalue weighted by molar-refractivity contribution is 0.0951. The van der Waals surface area contributed by atoms with Gasteiger partial charge in [0.15, 0.2) is 0 Å². The van der Waals surface area contributed by atoms with Crippen LogP contribution in [-0.2, 0) is 30.4 Å². The molecular weight excluding hydrogens is 602 g/mol. The molecule has 0 fully saturated rings. The van der Waals surface area contributed by atoms with Crippen LogP contribution in [-0.4, -0.2) is 50.7 Å². The molecule has 0 heterocycles. The first-order chi connectivity index (χ1) is 19.0. The molecule has 5 rings (SSSR count). The van der Waals surface area contributed by atoms with Crippen LogP contribution >= 0.6 is 0 Å². The minimum atomic E-state index is -5.08. The van der Waals surface area contributed by atoms with Gasteiger partial charge in [0, 0.05) is 43.4 Å². The zero-order chi connectivity index (χ0) is 30.1. The van der Waals surface area contributed by atoms with Gasteiger partial charge in [-0.15, -0.1) is 0 Å². The number of amides is 2. The average molecular weight is 620 g/mol. The second-order valence-corrected chi connectivity index (χ2v) is 13.0. The third-order valence-corrected chi connectivity index (χ3v) is 9.09. The molecule has 0 aliphatic heterocycles. The zero-order valence-electron chi connectivity index (χ0n) is 20.2. The quantitative estimate of drug-likeness (QED) is 0.0526. The molecule has 0 saturated carbocycles. The molecule has 0 bridgehead atoms. The highest BCUT2D eigenvalue weighted by Gasteiger charge is 2.28. The first-order valence-corrected chi connectivity index (χ1v) is 15.5. The maximum absolute atomic E-state index is 13.1. The van der Waals surface area contributed by atoms with Crippen molar-refractivity contribution in [2.45, 2.75) is 14.7 Å². The van der Waals surface area contributed by atoms with Crippen molar-refractivity contribution in [1.29, 1.82) is 0 Å². The van der Waals surface area contributed by atoms with E-state index in [-0.39, 0.29) is 49.1 Å². The fourth-order valence-electron chi connectivity index (χ4n) is 4.69. The van der Waals surface area contributed by atoms with Gasteiger partial charge in [-0.1, -0.05) is 24.3 Å². The highest BCUT2D eigenvalue weighted by molar-refractivity contribution is 7.87. The number of anilines is 1. The maximum Gasteiger partial charge on any atom is 0.295 e. The molecule has 0 aliphatic rings. The molecule has 212 valence electrons. The number of rotatable bonds is 6. The van der Waals surface area contributed by atoms with Gasteiger partial charge in [-0.2, -0.15) is 25.3 Å². The molecule has 14 nitrogen and oxygen atoms in total. The van der Waals surface area contributed by atoms with Crippen LogP contribution in [0.15, 0.2) is 75.4 Å². The Bertz CT molecular complexity index is 2210. The lowest BCUT2D eigenvalue weighted by Crippen LogP contribution is -2.29. The summed E-state index contributed by atoms with van der Waals surface area (Å²) in [5.74, 6) is 3.70. The van der Waals surface area contributed by atoms with Gasteiger partial charge in [0.2, 0.25) is 0 Å². The number of hydrogen-bond acceptors (Lipinski definition) is 9. The number of nitrogens with one attached hydrogen (secondary N) is 2. The molecule has 0 aliphatic carbocycles. The number of carbonyl (C=O) groups excluding carboxylic acids is 2. The number of nitrogen functional groups attached to an aromatic ring is 1. The third-order valence-electron chi connectivity index (χ3n) is 6.41. The van der Waals surface area contributed by atoms with E-state index in [1.807, 2.05) is 5.43 Å². The van der Waals surface area contributed by atoms with Gasteiger partial charge in [-0.3, -0.25) is 28.7 Å². The Hall–Kier alpha value is -4.23. The summed E-state index contributed by atoms with van der Waals surface area (Å²) in [5, 5.41) is 1.66. The zero-order valence-corrected chi connectivity index (χ0v) is 22.6. The fraction of sp³-hybridized carbons (Fsp3) is 0. The summed E-state index contributed by atoms with van der Waals surface area (Å²) in [6.07, 6.45) is 0. The summed E-state index contributed by atoms with van der Waals surface area (Å²) in [5.41, 5.74) is 1.92. The van der Waals surface area contributed by atoms with E-state index in [2.05, 4.69) is 5.32 Å². The van der Waals surface area contributed by atoms with Crippen LogP contribution in [0.2, 0.25) is 0 Å². The van der Waals surface area contributed by atoms with E-state index in [1.54, 1.807) is 0 Å². The van der Waals surface area contributed by atoms with Crippen molar-refractivity contribution >= 4 is 80.2 Å². The van der Waals surface area contributed by atoms with Gasteiger partial charge < -0.3 is 5.32 Å². The monoisotopic (exact) mass is 619 g/mol.